The van der Waals surface area contributed by atoms with Gasteiger partial charge in [0, 0.05) is 24.1 Å². The van der Waals surface area contributed by atoms with Gasteiger partial charge in [0.25, 0.3) is 5.82 Å². The van der Waals surface area contributed by atoms with E-state index in [1.54, 1.807) is 24.4 Å². The molecule has 0 aliphatic carbocycles. The molecule has 2 aromatic rings. The summed E-state index contributed by atoms with van der Waals surface area (Å²) in [6, 6.07) is 10.7. The Morgan fingerprint density at radius 1 is 1.17 bits per heavy atom. The lowest BCUT2D eigenvalue weighted by molar-refractivity contribution is -0.359. The summed E-state index contributed by atoms with van der Waals surface area (Å²) in [6.45, 7) is 0. The van der Waals surface area contributed by atoms with Crippen LogP contribution in [0.5, 0.6) is 0 Å². The standard InChI is InChI=1S/C13H13N3O2/c14-12-6-5-11(8-15-12)16-10-3-1-9(2-4-10)7-13(17)18/h1-6,8,16H,7H2,(H2,14,15)(H,17,18). The molecule has 2 rings (SSSR count). The molecule has 0 amide bonds. The second-order valence-electron chi connectivity index (χ2n) is 3.90. The first-order chi connectivity index (χ1) is 8.63. The number of nitrogens with one attached hydrogen (secondary N) is 2. The summed E-state index contributed by atoms with van der Waals surface area (Å²) in [5, 5.41) is 13.6. The van der Waals surface area contributed by atoms with Crippen molar-refractivity contribution in [3.8, 4) is 0 Å². The highest BCUT2D eigenvalue weighted by molar-refractivity contribution is 5.68. The van der Waals surface area contributed by atoms with E-state index in [-0.39, 0.29) is 6.42 Å². The number of H-pyrrole nitrogens is 1. The van der Waals surface area contributed by atoms with Gasteiger partial charge in [0.05, 0.1) is 5.69 Å². The average molecular weight is 243 g/mol. The molecule has 92 valence electrons. The molecular formula is C13H13N3O2. The van der Waals surface area contributed by atoms with E-state index in [0.29, 0.717) is 11.4 Å². The van der Waals surface area contributed by atoms with Crippen molar-refractivity contribution in [3.05, 3.63) is 48.2 Å². The number of rotatable bonds is 4. The second kappa shape index (κ2) is 5.18. The Kier molecular flexibility index (Phi) is 3.43. The summed E-state index contributed by atoms with van der Waals surface area (Å²) in [6.07, 6.45) is 1.68. The lowest BCUT2D eigenvalue weighted by Crippen LogP contribution is -2.24. The van der Waals surface area contributed by atoms with Gasteiger partial charge < -0.3 is 15.2 Å². The van der Waals surface area contributed by atoms with Gasteiger partial charge in [-0.1, -0.05) is 12.1 Å². The molecule has 1 aromatic heterocycles. The van der Waals surface area contributed by atoms with Crippen LogP contribution in [0.1, 0.15) is 5.56 Å². The minimum Gasteiger partial charge on any atom is -0.550 e. The maximum atomic E-state index is 10.4. The van der Waals surface area contributed by atoms with Gasteiger partial charge >= 0.3 is 0 Å². The van der Waals surface area contributed by atoms with Crippen LogP contribution in [-0.2, 0) is 11.2 Å². The zero-order valence-corrected chi connectivity index (χ0v) is 9.64. The van der Waals surface area contributed by atoms with Gasteiger partial charge in [-0.3, -0.25) is 5.73 Å². The average Bonchev–Trinajstić information content (AvgIpc) is 2.34. The van der Waals surface area contributed by atoms with Crippen molar-refractivity contribution in [2.24, 2.45) is 0 Å². The van der Waals surface area contributed by atoms with Gasteiger partial charge in [0.2, 0.25) is 0 Å². The molecule has 4 N–H and O–H groups in total. The molecule has 0 aliphatic rings. The predicted octanol–water partition coefficient (Wildman–Crippen LogP) is 0.119. The fourth-order valence-corrected chi connectivity index (χ4v) is 1.55. The largest absolute Gasteiger partial charge is 0.550 e. The molecule has 0 unspecified atom stereocenters. The van der Waals surface area contributed by atoms with Crippen LogP contribution in [-0.4, -0.2) is 5.97 Å². The summed E-state index contributed by atoms with van der Waals surface area (Å²) in [5.41, 5.74) is 8.00. The van der Waals surface area contributed by atoms with E-state index in [1.165, 1.54) is 0 Å². The zero-order valence-electron chi connectivity index (χ0n) is 9.64. The lowest BCUT2D eigenvalue weighted by atomic mass is 10.1. The topological polar surface area (TPSA) is 92.3 Å². The number of anilines is 3. The molecule has 0 bridgehead atoms. The molecule has 0 atom stereocenters. The predicted molar refractivity (Wildman–Crippen MR) is 65.8 cm³/mol. The Morgan fingerprint density at radius 3 is 2.39 bits per heavy atom. The number of pyridine rings is 1. The number of carboxylic acids is 1. The fraction of sp³-hybridized carbons (Fsp3) is 0.0769. The summed E-state index contributed by atoms with van der Waals surface area (Å²) in [7, 11) is 0. The van der Waals surface area contributed by atoms with Crippen LogP contribution in [0.3, 0.4) is 0 Å². The Balaban J connectivity index is 2.06. The number of carboxylic acid groups (broad SMARTS) is 1. The molecule has 5 heteroatoms. The molecular weight excluding hydrogens is 230 g/mol. The highest BCUT2D eigenvalue weighted by atomic mass is 16.4. The number of aliphatic carboxylic acids is 1. The first kappa shape index (κ1) is 11.9. The summed E-state index contributed by atoms with van der Waals surface area (Å²) in [5.74, 6) is -0.492. The molecule has 0 saturated heterocycles. The highest BCUT2D eigenvalue weighted by Gasteiger charge is 1.98. The van der Waals surface area contributed by atoms with Crippen LogP contribution in [0.25, 0.3) is 0 Å². The molecule has 1 aromatic carbocycles. The monoisotopic (exact) mass is 243 g/mol. The first-order valence-electron chi connectivity index (χ1n) is 5.46. The number of hydrogen-bond acceptors (Lipinski definition) is 4. The molecule has 0 saturated carbocycles. The number of hydrogen-bond donors (Lipinski definition) is 2. The van der Waals surface area contributed by atoms with Crippen molar-refractivity contribution in [1.29, 1.82) is 0 Å². The van der Waals surface area contributed by atoms with Crippen LogP contribution in [0.2, 0.25) is 0 Å². The smallest absolute Gasteiger partial charge is 0.270 e. The lowest BCUT2D eigenvalue weighted by Gasteiger charge is -2.07. The number of aromatic nitrogens is 1. The van der Waals surface area contributed by atoms with Crippen LogP contribution < -0.4 is 21.1 Å². The highest BCUT2D eigenvalue weighted by Crippen LogP contribution is 2.16. The first-order valence-corrected chi connectivity index (χ1v) is 5.46. The van der Waals surface area contributed by atoms with E-state index < -0.39 is 5.97 Å². The number of nitrogens with two attached hydrogens (primary N) is 1. The second-order valence-corrected chi connectivity index (χ2v) is 3.90. The van der Waals surface area contributed by atoms with E-state index in [4.69, 9.17) is 5.73 Å². The van der Waals surface area contributed by atoms with Crippen LogP contribution >= 0.6 is 0 Å². The normalized spacial score (nSPS) is 10.0. The Bertz CT molecular complexity index is 535. The van der Waals surface area contributed by atoms with Gasteiger partial charge in [0.15, 0.2) is 0 Å². The number of aromatic amines is 1. The zero-order chi connectivity index (χ0) is 13.0. The summed E-state index contributed by atoms with van der Waals surface area (Å²) in [4.78, 5) is 13.3. The molecule has 5 nitrogen and oxygen atoms in total. The molecule has 18 heavy (non-hydrogen) atoms. The van der Waals surface area contributed by atoms with Crippen molar-refractivity contribution in [3.63, 3.8) is 0 Å². The van der Waals surface area contributed by atoms with Gasteiger partial charge in [0.1, 0.15) is 6.20 Å². The maximum absolute atomic E-state index is 10.4. The molecule has 0 radical (unpaired) electrons. The van der Waals surface area contributed by atoms with E-state index in [1.807, 2.05) is 18.2 Å². The summed E-state index contributed by atoms with van der Waals surface area (Å²) < 4.78 is 0. The number of nitrogen functional groups attached to an aromatic ring is 1. The van der Waals surface area contributed by atoms with E-state index >= 15 is 0 Å². The SMILES string of the molecule is Nc1ccc(Nc2ccc(CC(=O)[O-])cc2)c[nH+]1. The third kappa shape index (κ3) is 3.21. The third-order valence-electron chi connectivity index (χ3n) is 2.43. The molecule has 0 fully saturated rings. The van der Waals surface area contributed by atoms with E-state index in [0.717, 1.165) is 11.4 Å². The minimum absolute atomic E-state index is 0.0735. The Morgan fingerprint density at radius 2 is 1.83 bits per heavy atom. The van der Waals surface area contributed by atoms with E-state index in [9.17, 15) is 9.90 Å². The van der Waals surface area contributed by atoms with Crippen LogP contribution in [0.4, 0.5) is 17.2 Å². The van der Waals surface area contributed by atoms with Crippen LogP contribution in [0, 0.1) is 0 Å². The quantitative estimate of drug-likeness (QED) is 0.797. The van der Waals surface area contributed by atoms with Crippen molar-refractivity contribution < 1.29 is 14.9 Å². The fourth-order valence-electron chi connectivity index (χ4n) is 1.55. The van der Waals surface area contributed by atoms with Crippen molar-refractivity contribution in [1.82, 2.24) is 0 Å². The number of benzene rings is 1. The van der Waals surface area contributed by atoms with Crippen LogP contribution in [0.15, 0.2) is 42.6 Å². The molecule has 0 aliphatic heterocycles. The molecule has 1 heterocycles. The molecule has 0 spiro atoms. The Labute approximate surface area is 104 Å². The summed E-state index contributed by atoms with van der Waals surface area (Å²) >= 11 is 0. The maximum Gasteiger partial charge on any atom is 0.270 e. The van der Waals surface area contributed by atoms with Gasteiger partial charge in [-0.15, -0.1) is 0 Å². The number of carbonyl (C=O) groups is 1. The minimum atomic E-state index is -1.08. The van der Waals surface area contributed by atoms with Crippen molar-refractivity contribution in [2.45, 2.75) is 6.42 Å². The van der Waals surface area contributed by atoms with Crippen molar-refractivity contribution in [2.75, 3.05) is 11.1 Å². The van der Waals surface area contributed by atoms with E-state index in [2.05, 4.69) is 10.3 Å². The van der Waals surface area contributed by atoms with Gasteiger partial charge in [-0.25, -0.2) is 4.98 Å². The van der Waals surface area contributed by atoms with Gasteiger partial charge in [-0.05, 0) is 23.8 Å². The van der Waals surface area contributed by atoms with Crippen molar-refractivity contribution >= 4 is 23.2 Å². The van der Waals surface area contributed by atoms with Gasteiger partial charge in [-0.2, -0.15) is 0 Å². The number of carbonyl (C=O) groups excluding carboxylic acids is 1. The third-order valence-corrected chi connectivity index (χ3v) is 2.43. The Hall–Kier alpha value is -2.56.